The maximum atomic E-state index is 9.49. The first-order valence-corrected chi connectivity index (χ1v) is 5.51. The molecule has 0 radical (unpaired) electrons. The van der Waals surface area contributed by atoms with Crippen LogP contribution in [0.2, 0.25) is 0 Å². The van der Waals surface area contributed by atoms with Gasteiger partial charge in [-0.15, -0.1) is 0 Å². The van der Waals surface area contributed by atoms with Crippen LogP contribution in [0.4, 0.5) is 0 Å². The number of aliphatic hydroxyl groups is 1. The molecule has 2 aromatic rings. The minimum absolute atomic E-state index is 0.370. The molecule has 0 amide bonds. The van der Waals surface area contributed by atoms with E-state index in [2.05, 4.69) is 23.8 Å². The van der Waals surface area contributed by atoms with Crippen molar-refractivity contribution in [3.8, 4) is 0 Å². The number of hydrogen-bond donors (Lipinski definition) is 1. The lowest BCUT2D eigenvalue weighted by atomic mass is 10.2. The zero-order valence-electron chi connectivity index (χ0n) is 10.1. The van der Waals surface area contributed by atoms with Gasteiger partial charge in [-0.2, -0.15) is 0 Å². The van der Waals surface area contributed by atoms with E-state index in [1.807, 2.05) is 17.7 Å². The van der Waals surface area contributed by atoms with Crippen LogP contribution in [-0.2, 0) is 7.05 Å². The van der Waals surface area contributed by atoms with E-state index >= 15 is 0 Å². The fourth-order valence-corrected chi connectivity index (χ4v) is 1.85. The Morgan fingerprint density at radius 2 is 2.00 bits per heavy atom. The maximum absolute atomic E-state index is 9.49. The van der Waals surface area contributed by atoms with Gasteiger partial charge in [0.2, 0.25) is 0 Å². The van der Waals surface area contributed by atoms with Crippen molar-refractivity contribution < 1.29 is 5.11 Å². The second-order valence-corrected chi connectivity index (χ2v) is 4.47. The molecule has 86 valence electrons. The Hall–Kier alpha value is -1.42. The number of hydrogen-bond acceptors (Lipinski definition) is 3. The van der Waals surface area contributed by atoms with E-state index in [-0.39, 0.29) is 0 Å². The van der Waals surface area contributed by atoms with Crippen molar-refractivity contribution in [2.45, 2.75) is 32.8 Å². The summed E-state index contributed by atoms with van der Waals surface area (Å²) < 4.78 is 2.01. The Bertz CT molecular complexity index is 514. The highest BCUT2D eigenvalue weighted by molar-refractivity contribution is 5.72. The van der Waals surface area contributed by atoms with Crippen molar-refractivity contribution in [2.75, 3.05) is 0 Å². The second-order valence-electron chi connectivity index (χ2n) is 4.47. The molecule has 1 N–H and O–H groups in total. The van der Waals surface area contributed by atoms with Crippen LogP contribution in [0.1, 0.15) is 44.2 Å². The van der Waals surface area contributed by atoms with Gasteiger partial charge in [-0.1, -0.05) is 13.8 Å². The number of pyridine rings is 1. The maximum Gasteiger partial charge on any atom is 0.159 e. The number of rotatable bonds is 2. The molecule has 0 aromatic carbocycles. The number of aryl methyl sites for hydroxylation is 1. The Morgan fingerprint density at radius 1 is 1.31 bits per heavy atom. The van der Waals surface area contributed by atoms with Gasteiger partial charge in [0.15, 0.2) is 5.65 Å². The molecule has 1 atom stereocenters. The predicted molar refractivity (Wildman–Crippen MR) is 63.2 cm³/mol. The molecule has 4 nitrogen and oxygen atoms in total. The molecule has 2 aromatic heterocycles. The molecule has 0 saturated heterocycles. The summed E-state index contributed by atoms with van der Waals surface area (Å²) in [6, 6.07) is 1.90. The van der Waals surface area contributed by atoms with Crippen LogP contribution in [0.25, 0.3) is 11.2 Å². The molecule has 0 bridgehead atoms. The van der Waals surface area contributed by atoms with Crippen molar-refractivity contribution >= 4 is 11.2 Å². The minimum Gasteiger partial charge on any atom is -0.389 e. The van der Waals surface area contributed by atoms with E-state index in [1.54, 1.807) is 13.1 Å². The Balaban J connectivity index is 2.63. The van der Waals surface area contributed by atoms with Gasteiger partial charge < -0.3 is 9.67 Å². The number of aliphatic hydroxyl groups excluding tert-OH is 1. The van der Waals surface area contributed by atoms with E-state index in [0.29, 0.717) is 5.92 Å². The Morgan fingerprint density at radius 3 is 2.56 bits per heavy atom. The van der Waals surface area contributed by atoms with Crippen molar-refractivity contribution in [1.82, 2.24) is 14.5 Å². The van der Waals surface area contributed by atoms with Crippen LogP contribution < -0.4 is 0 Å². The lowest BCUT2D eigenvalue weighted by molar-refractivity contribution is 0.199. The molecular weight excluding hydrogens is 202 g/mol. The van der Waals surface area contributed by atoms with Crippen molar-refractivity contribution in [2.24, 2.45) is 7.05 Å². The highest BCUT2D eigenvalue weighted by Gasteiger charge is 2.13. The fourth-order valence-electron chi connectivity index (χ4n) is 1.85. The van der Waals surface area contributed by atoms with E-state index in [4.69, 9.17) is 0 Å². The van der Waals surface area contributed by atoms with Gasteiger partial charge in [0, 0.05) is 24.7 Å². The predicted octanol–water partition coefficient (Wildman–Crippen LogP) is 2.14. The van der Waals surface area contributed by atoms with Crippen LogP contribution in [0.5, 0.6) is 0 Å². The van der Waals surface area contributed by atoms with Gasteiger partial charge >= 0.3 is 0 Å². The van der Waals surface area contributed by atoms with E-state index in [0.717, 1.165) is 22.6 Å². The molecule has 4 heteroatoms. The molecule has 2 heterocycles. The summed E-state index contributed by atoms with van der Waals surface area (Å²) >= 11 is 0. The highest BCUT2D eigenvalue weighted by Crippen LogP contribution is 2.21. The van der Waals surface area contributed by atoms with E-state index in [1.165, 1.54) is 0 Å². The van der Waals surface area contributed by atoms with Gasteiger partial charge in [-0.05, 0) is 13.0 Å². The van der Waals surface area contributed by atoms with Crippen molar-refractivity contribution in [3.63, 3.8) is 0 Å². The number of nitrogens with zero attached hydrogens (tertiary/aromatic N) is 3. The van der Waals surface area contributed by atoms with Crippen molar-refractivity contribution in [3.05, 3.63) is 23.7 Å². The van der Waals surface area contributed by atoms with Crippen LogP contribution in [0.3, 0.4) is 0 Å². The van der Waals surface area contributed by atoms with Gasteiger partial charge in [0.05, 0.1) is 6.10 Å². The van der Waals surface area contributed by atoms with Crippen LogP contribution in [0, 0.1) is 0 Å². The Kier molecular flexibility index (Phi) is 2.68. The number of fused-ring (bicyclic) bond motifs is 1. The summed E-state index contributed by atoms with van der Waals surface area (Å²) in [5, 5.41) is 9.49. The van der Waals surface area contributed by atoms with Gasteiger partial charge in [0.25, 0.3) is 0 Å². The number of imidazole rings is 1. The third kappa shape index (κ3) is 1.69. The van der Waals surface area contributed by atoms with Gasteiger partial charge in [-0.3, -0.25) is 0 Å². The summed E-state index contributed by atoms with van der Waals surface area (Å²) in [6.45, 7) is 5.95. The summed E-state index contributed by atoms with van der Waals surface area (Å²) in [5.41, 5.74) is 2.53. The monoisotopic (exact) mass is 219 g/mol. The molecule has 0 aliphatic carbocycles. The van der Waals surface area contributed by atoms with E-state index in [9.17, 15) is 5.11 Å². The van der Waals surface area contributed by atoms with E-state index < -0.39 is 6.10 Å². The SMILES string of the molecule is CC(C)c1nc2cc(C(C)O)cnc2n1C. The molecule has 1 unspecified atom stereocenters. The third-order valence-electron chi connectivity index (χ3n) is 2.76. The molecule has 2 rings (SSSR count). The van der Waals surface area contributed by atoms with Crippen LogP contribution >= 0.6 is 0 Å². The first-order chi connectivity index (χ1) is 7.50. The Labute approximate surface area is 95.0 Å². The molecule has 0 aliphatic heterocycles. The summed E-state index contributed by atoms with van der Waals surface area (Å²) in [5.74, 6) is 1.39. The summed E-state index contributed by atoms with van der Waals surface area (Å²) in [6.07, 6.45) is 1.21. The molecular formula is C12H17N3O. The average molecular weight is 219 g/mol. The summed E-state index contributed by atoms with van der Waals surface area (Å²) in [7, 11) is 1.97. The number of aromatic nitrogens is 3. The quantitative estimate of drug-likeness (QED) is 0.842. The molecule has 0 fully saturated rings. The molecule has 16 heavy (non-hydrogen) atoms. The third-order valence-corrected chi connectivity index (χ3v) is 2.76. The lowest BCUT2D eigenvalue weighted by Crippen LogP contribution is -2.00. The second kappa shape index (κ2) is 3.87. The highest BCUT2D eigenvalue weighted by atomic mass is 16.3. The normalized spacial score (nSPS) is 13.6. The minimum atomic E-state index is -0.499. The zero-order chi connectivity index (χ0) is 11.9. The first-order valence-electron chi connectivity index (χ1n) is 5.51. The van der Waals surface area contributed by atoms with Crippen LogP contribution in [-0.4, -0.2) is 19.6 Å². The smallest absolute Gasteiger partial charge is 0.159 e. The van der Waals surface area contributed by atoms with Crippen molar-refractivity contribution in [1.29, 1.82) is 0 Å². The molecule has 0 aliphatic rings. The first kappa shape index (κ1) is 11.1. The zero-order valence-corrected chi connectivity index (χ0v) is 10.1. The lowest BCUT2D eigenvalue weighted by Gasteiger charge is -2.04. The van der Waals surface area contributed by atoms with Crippen LogP contribution in [0.15, 0.2) is 12.3 Å². The summed E-state index contributed by atoms with van der Waals surface area (Å²) in [4.78, 5) is 8.89. The average Bonchev–Trinajstić information content (AvgIpc) is 2.55. The standard InChI is InChI=1S/C12H17N3O/c1-7(2)11-14-10-5-9(8(3)16)6-13-12(10)15(11)4/h5-8,16H,1-4H3. The van der Waals surface area contributed by atoms with Gasteiger partial charge in [0.1, 0.15) is 11.3 Å². The topological polar surface area (TPSA) is 50.9 Å². The molecule has 0 spiro atoms. The molecule has 0 saturated carbocycles. The largest absolute Gasteiger partial charge is 0.389 e. The fraction of sp³-hybridized carbons (Fsp3) is 0.500. The van der Waals surface area contributed by atoms with Gasteiger partial charge in [-0.25, -0.2) is 9.97 Å².